The van der Waals surface area contributed by atoms with Gasteiger partial charge in [0.05, 0.1) is 0 Å². The molecular weight excluding hydrogens is 280 g/mol. The summed E-state index contributed by atoms with van der Waals surface area (Å²) in [6, 6.07) is 17.2. The molecule has 0 unspecified atom stereocenters. The molecule has 0 aliphatic rings. The maximum absolute atomic E-state index is 3.05. The summed E-state index contributed by atoms with van der Waals surface area (Å²) in [4.78, 5) is 3.05. The molecule has 0 radical (unpaired) electrons. The Morgan fingerprint density at radius 3 is 2.00 bits per heavy atom. The van der Waals surface area contributed by atoms with Crippen molar-refractivity contribution in [2.75, 3.05) is 0 Å². The van der Waals surface area contributed by atoms with Crippen molar-refractivity contribution < 1.29 is 22.0 Å². The fourth-order valence-electron chi connectivity index (χ4n) is 2.24. The Bertz CT molecular complexity index is 677. The lowest BCUT2D eigenvalue weighted by Gasteiger charge is -2.01. The van der Waals surface area contributed by atoms with E-state index in [0.717, 1.165) is 6.54 Å². The average Bonchev–Trinajstić information content (AvgIpc) is 2.51. The van der Waals surface area contributed by atoms with E-state index in [-0.39, 0.29) is 12.4 Å². The number of pyridine rings is 2. The average molecular weight is 298 g/mol. The van der Waals surface area contributed by atoms with Gasteiger partial charge in [0.25, 0.3) is 0 Å². The van der Waals surface area contributed by atoms with Crippen LogP contribution in [0.25, 0.3) is 11.1 Å². The van der Waals surface area contributed by atoms with Gasteiger partial charge in [0, 0.05) is 29.8 Å². The molecule has 106 valence electrons. The highest BCUT2D eigenvalue weighted by atomic mass is 35.5. The number of nitrogens with zero attached hydrogens (tertiary/aromatic N) is 1. The van der Waals surface area contributed by atoms with Crippen molar-refractivity contribution in [1.82, 2.24) is 0 Å². The van der Waals surface area contributed by atoms with E-state index in [4.69, 9.17) is 0 Å². The van der Waals surface area contributed by atoms with Gasteiger partial charge in [-0.05, 0) is 18.1 Å². The van der Waals surface area contributed by atoms with Crippen LogP contribution in [0.2, 0.25) is 0 Å². The quantitative estimate of drug-likeness (QED) is 0.597. The number of nitrogens with one attached hydrogen (secondary N) is 1. The molecule has 0 aliphatic carbocycles. The molecule has 2 nitrogen and oxygen atoms in total. The molecule has 0 bridgehead atoms. The van der Waals surface area contributed by atoms with Gasteiger partial charge in [-0.3, -0.25) is 0 Å². The minimum absolute atomic E-state index is 0. The molecule has 2 aromatic heterocycles. The van der Waals surface area contributed by atoms with Crippen LogP contribution in [-0.4, -0.2) is 0 Å². The zero-order chi connectivity index (χ0) is 13.8. The highest BCUT2D eigenvalue weighted by Crippen LogP contribution is 2.15. The summed E-state index contributed by atoms with van der Waals surface area (Å²) in [5.41, 5.74) is 5.09. The van der Waals surface area contributed by atoms with Gasteiger partial charge in [-0.25, -0.2) is 9.55 Å². The topological polar surface area (TPSA) is 18.0 Å². The third-order valence-corrected chi connectivity index (χ3v) is 3.43. The van der Waals surface area contributed by atoms with Gasteiger partial charge in [-0.2, -0.15) is 0 Å². The van der Waals surface area contributed by atoms with Crippen LogP contribution in [0.15, 0.2) is 73.3 Å². The summed E-state index contributed by atoms with van der Waals surface area (Å²) in [7, 11) is 0. The Labute approximate surface area is 131 Å². The van der Waals surface area contributed by atoms with Gasteiger partial charge in [0.2, 0.25) is 0 Å². The minimum Gasteiger partial charge on any atom is -1.00 e. The van der Waals surface area contributed by atoms with Crippen molar-refractivity contribution in [2.24, 2.45) is 0 Å². The Kier molecular flexibility index (Phi) is 5.07. The second kappa shape index (κ2) is 7.00. The predicted octanol–water partition coefficient (Wildman–Crippen LogP) is -0.184. The Balaban J connectivity index is 0.00000161. The number of aromatic nitrogens is 2. The van der Waals surface area contributed by atoms with Crippen LogP contribution >= 0.6 is 0 Å². The molecule has 0 saturated heterocycles. The fraction of sp³-hybridized carbons (Fsp3) is 0.111. The SMILES string of the molecule is Cc1ccc(C[n+]2ccc(-c3cc[nH+]cc3)cc2)cc1.[Cl-]. The number of halogens is 1. The Morgan fingerprint density at radius 1 is 0.810 bits per heavy atom. The highest BCUT2D eigenvalue weighted by Gasteiger charge is 2.04. The molecule has 0 saturated carbocycles. The van der Waals surface area contributed by atoms with E-state index in [2.05, 4.69) is 77.4 Å². The number of rotatable bonds is 3. The number of hydrogen-bond donors (Lipinski definition) is 0. The molecule has 1 N–H and O–H groups in total. The number of H-pyrrole nitrogens is 1. The van der Waals surface area contributed by atoms with Crippen molar-refractivity contribution >= 4 is 0 Å². The second-order valence-corrected chi connectivity index (χ2v) is 5.03. The first-order valence-corrected chi connectivity index (χ1v) is 6.82. The zero-order valence-electron chi connectivity index (χ0n) is 12.0. The van der Waals surface area contributed by atoms with Crippen molar-refractivity contribution in [2.45, 2.75) is 13.5 Å². The number of benzene rings is 1. The van der Waals surface area contributed by atoms with E-state index in [1.165, 1.54) is 22.3 Å². The first-order valence-electron chi connectivity index (χ1n) is 6.82. The zero-order valence-corrected chi connectivity index (χ0v) is 12.7. The van der Waals surface area contributed by atoms with E-state index in [1.807, 2.05) is 12.4 Å². The number of aryl methyl sites for hydroxylation is 1. The summed E-state index contributed by atoms with van der Waals surface area (Å²) in [6.07, 6.45) is 8.16. The predicted molar refractivity (Wildman–Crippen MR) is 78.9 cm³/mol. The molecule has 0 amide bonds. The van der Waals surface area contributed by atoms with Gasteiger partial charge in [0.15, 0.2) is 31.3 Å². The lowest BCUT2D eigenvalue weighted by molar-refractivity contribution is -0.688. The summed E-state index contributed by atoms with van der Waals surface area (Å²) < 4.78 is 2.20. The molecule has 0 fully saturated rings. The van der Waals surface area contributed by atoms with Crippen LogP contribution in [0.4, 0.5) is 0 Å². The maximum atomic E-state index is 3.05. The third-order valence-electron chi connectivity index (χ3n) is 3.43. The standard InChI is InChI=1S/C18H17N2.ClH/c1-15-2-4-16(5-3-15)14-20-12-8-18(9-13-20)17-6-10-19-11-7-17;/h2-13H,14H2,1H3;1H/q+1;. The van der Waals surface area contributed by atoms with Crippen molar-refractivity contribution in [3.63, 3.8) is 0 Å². The van der Waals surface area contributed by atoms with Gasteiger partial charge >= 0.3 is 0 Å². The van der Waals surface area contributed by atoms with E-state index in [9.17, 15) is 0 Å². The Hall–Kier alpha value is -2.19. The molecule has 3 aromatic rings. The molecule has 2 heterocycles. The highest BCUT2D eigenvalue weighted by molar-refractivity contribution is 5.60. The van der Waals surface area contributed by atoms with E-state index in [0.29, 0.717) is 0 Å². The lowest BCUT2D eigenvalue weighted by atomic mass is 10.1. The first kappa shape index (κ1) is 15.2. The molecule has 3 heteroatoms. The van der Waals surface area contributed by atoms with E-state index < -0.39 is 0 Å². The van der Waals surface area contributed by atoms with Gasteiger partial charge in [0.1, 0.15) is 0 Å². The van der Waals surface area contributed by atoms with E-state index in [1.54, 1.807) is 0 Å². The normalized spacial score (nSPS) is 9.95. The minimum atomic E-state index is 0. The first-order chi connectivity index (χ1) is 9.81. The van der Waals surface area contributed by atoms with Crippen LogP contribution in [0.1, 0.15) is 11.1 Å². The van der Waals surface area contributed by atoms with Gasteiger partial charge in [-0.1, -0.05) is 29.8 Å². The molecule has 1 aromatic carbocycles. The summed E-state index contributed by atoms with van der Waals surface area (Å²) >= 11 is 0. The Morgan fingerprint density at radius 2 is 1.38 bits per heavy atom. The molecule has 21 heavy (non-hydrogen) atoms. The van der Waals surface area contributed by atoms with Gasteiger partial charge < -0.3 is 12.4 Å². The maximum Gasteiger partial charge on any atom is 0.173 e. The van der Waals surface area contributed by atoms with Crippen LogP contribution in [0, 0.1) is 6.92 Å². The molecule has 0 aliphatic heterocycles. The smallest absolute Gasteiger partial charge is 0.173 e. The monoisotopic (exact) mass is 297 g/mol. The van der Waals surface area contributed by atoms with Crippen LogP contribution in [0.5, 0.6) is 0 Å². The van der Waals surface area contributed by atoms with Crippen LogP contribution in [-0.2, 0) is 6.54 Å². The second-order valence-electron chi connectivity index (χ2n) is 5.03. The summed E-state index contributed by atoms with van der Waals surface area (Å²) in [6.45, 7) is 3.02. The van der Waals surface area contributed by atoms with Crippen LogP contribution < -0.4 is 22.0 Å². The number of hydrogen-bond acceptors (Lipinski definition) is 0. The van der Waals surface area contributed by atoms with Crippen molar-refractivity contribution in [3.05, 3.63) is 84.4 Å². The molecular formula is C18H18ClN2+. The third kappa shape index (κ3) is 3.89. The number of aromatic amines is 1. The summed E-state index contributed by atoms with van der Waals surface area (Å²) in [5, 5.41) is 0. The lowest BCUT2D eigenvalue weighted by Crippen LogP contribution is -3.00. The van der Waals surface area contributed by atoms with Crippen molar-refractivity contribution in [3.8, 4) is 11.1 Å². The fourth-order valence-corrected chi connectivity index (χ4v) is 2.24. The van der Waals surface area contributed by atoms with Crippen molar-refractivity contribution in [1.29, 1.82) is 0 Å². The molecule has 0 spiro atoms. The van der Waals surface area contributed by atoms with Gasteiger partial charge in [-0.15, -0.1) is 0 Å². The molecule has 0 atom stereocenters. The largest absolute Gasteiger partial charge is 1.00 e. The molecule has 3 rings (SSSR count). The van der Waals surface area contributed by atoms with E-state index >= 15 is 0 Å². The summed E-state index contributed by atoms with van der Waals surface area (Å²) in [5.74, 6) is 0. The van der Waals surface area contributed by atoms with Crippen LogP contribution in [0.3, 0.4) is 0 Å².